The number of nitrogens with one attached hydrogen (secondary N) is 3. The first kappa shape index (κ1) is 19.5. The van der Waals surface area contributed by atoms with Gasteiger partial charge in [-0.1, -0.05) is 37.0 Å². The number of benzene rings is 1. The maximum absolute atomic E-state index is 11.9. The van der Waals surface area contributed by atoms with Gasteiger partial charge in [0, 0.05) is 10.9 Å². The van der Waals surface area contributed by atoms with E-state index in [1.165, 1.54) is 13.0 Å². The van der Waals surface area contributed by atoms with E-state index in [-0.39, 0.29) is 16.9 Å². The molecule has 1 unspecified atom stereocenters. The molecule has 0 aromatic heterocycles. The summed E-state index contributed by atoms with van der Waals surface area (Å²) >= 11 is 16.6. The van der Waals surface area contributed by atoms with Crippen LogP contribution < -0.4 is 20.9 Å². The highest BCUT2D eigenvalue weighted by Crippen LogP contribution is 2.28. The lowest BCUT2D eigenvalue weighted by atomic mass is 10.2. The number of carbonyl (C=O) groups excluding carboxylic acids is 2. The Morgan fingerprint density at radius 3 is 2.35 bits per heavy atom. The van der Waals surface area contributed by atoms with Gasteiger partial charge in [-0.25, -0.2) is 0 Å². The number of ether oxygens (including phenoxy) is 1. The van der Waals surface area contributed by atoms with Crippen molar-refractivity contribution < 1.29 is 14.3 Å². The largest absolute Gasteiger partial charge is 0.479 e. The third kappa shape index (κ3) is 6.60. The van der Waals surface area contributed by atoms with Gasteiger partial charge in [0.1, 0.15) is 5.75 Å². The molecule has 0 aliphatic heterocycles. The van der Waals surface area contributed by atoms with Gasteiger partial charge in [0.2, 0.25) is 5.91 Å². The van der Waals surface area contributed by atoms with Gasteiger partial charge in [-0.05, 0) is 37.3 Å². The first-order chi connectivity index (χ1) is 10.7. The van der Waals surface area contributed by atoms with Gasteiger partial charge in [0.25, 0.3) is 5.91 Å². The Balaban J connectivity index is 2.48. The Kier molecular flexibility index (Phi) is 7.54. The summed E-state index contributed by atoms with van der Waals surface area (Å²) in [6.07, 6.45) is -0.843. The molecule has 2 amide bonds. The fourth-order valence-corrected chi connectivity index (χ4v) is 1.93. The quantitative estimate of drug-likeness (QED) is 0.554. The van der Waals surface area contributed by atoms with Crippen molar-refractivity contribution in [1.82, 2.24) is 16.2 Å². The molecule has 0 aliphatic rings. The van der Waals surface area contributed by atoms with Crippen molar-refractivity contribution in [2.45, 2.75) is 26.9 Å². The molecule has 6 nitrogen and oxygen atoms in total. The van der Waals surface area contributed by atoms with Crippen LogP contribution in [0.15, 0.2) is 18.2 Å². The molecular weight excluding hydrogens is 361 g/mol. The van der Waals surface area contributed by atoms with Crippen molar-refractivity contribution in [3.05, 3.63) is 28.2 Å². The summed E-state index contributed by atoms with van der Waals surface area (Å²) in [5, 5.41) is 3.18. The average molecular weight is 378 g/mol. The van der Waals surface area contributed by atoms with E-state index in [0.717, 1.165) is 0 Å². The molecule has 3 N–H and O–H groups in total. The molecular formula is C14H17Cl2N3O3S. The lowest BCUT2D eigenvalue weighted by Gasteiger charge is -2.17. The molecule has 0 fully saturated rings. The van der Waals surface area contributed by atoms with Crippen molar-refractivity contribution >= 4 is 52.3 Å². The first-order valence-corrected chi connectivity index (χ1v) is 7.89. The second-order valence-corrected chi connectivity index (χ2v) is 6.17. The van der Waals surface area contributed by atoms with Crippen LogP contribution in [0.3, 0.4) is 0 Å². The van der Waals surface area contributed by atoms with Crippen LogP contribution in [-0.2, 0) is 9.59 Å². The van der Waals surface area contributed by atoms with Crippen LogP contribution in [0.4, 0.5) is 0 Å². The molecule has 0 heterocycles. The second kappa shape index (κ2) is 8.90. The Hall–Kier alpha value is -1.57. The number of hydrogen-bond acceptors (Lipinski definition) is 4. The minimum absolute atomic E-state index is 0.00576. The van der Waals surface area contributed by atoms with Crippen molar-refractivity contribution in [2.24, 2.45) is 5.92 Å². The molecule has 0 aliphatic carbocycles. The van der Waals surface area contributed by atoms with Gasteiger partial charge in [0.15, 0.2) is 11.2 Å². The summed E-state index contributed by atoms with van der Waals surface area (Å²) in [6.45, 7) is 4.99. The van der Waals surface area contributed by atoms with Crippen LogP contribution in [0.5, 0.6) is 5.75 Å². The second-order valence-electron chi connectivity index (χ2n) is 4.92. The van der Waals surface area contributed by atoms with E-state index < -0.39 is 12.0 Å². The molecule has 126 valence electrons. The highest BCUT2D eigenvalue weighted by Gasteiger charge is 2.17. The van der Waals surface area contributed by atoms with E-state index in [9.17, 15) is 9.59 Å². The number of amides is 2. The molecule has 1 atom stereocenters. The zero-order valence-electron chi connectivity index (χ0n) is 12.8. The van der Waals surface area contributed by atoms with E-state index in [1.54, 1.807) is 26.0 Å². The molecule has 0 saturated heterocycles. The standard InChI is InChI=1S/C14H17Cl2N3O3S/c1-7(2)12(20)17-14(23)19-18-13(21)8(3)22-11-5-4-9(15)6-10(11)16/h4-8H,1-3H3,(H,18,21)(H2,17,19,20,23). The third-order valence-corrected chi connectivity index (χ3v) is 3.36. The van der Waals surface area contributed by atoms with Crippen molar-refractivity contribution in [3.8, 4) is 5.75 Å². The molecule has 9 heteroatoms. The van der Waals surface area contributed by atoms with Crippen LogP contribution in [0, 0.1) is 5.92 Å². The van der Waals surface area contributed by atoms with Gasteiger partial charge in [-0.2, -0.15) is 0 Å². The minimum atomic E-state index is -0.843. The minimum Gasteiger partial charge on any atom is -0.479 e. The smallest absolute Gasteiger partial charge is 0.279 e. The van der Waals surface area contributed by atoms with Crippen molar-refractivity contribution in [1.29, 1.82) is 0 Å². The Bertz CT molecular complexity index is 611. The highest BCUT2D eigenvalue weighted by molar-refractivity contribution is 7.80. The van der Waals surface area contributed by atoms with E-state index in [4.69, 9.17) is 40.2 Å². The van der Waals surface area contributed by atoms with Crippen LogP contribution in [0.25, 0.3) is 0 Å². The predicted molar refractivity (Wildman–Crippen MR) is 93.4 cm³/mol. The molecule has 1 aromatic carbocycles. The van der Waals surface area contributed by atoms with E-state index in [1.807, 2.05) is 0 Å². The van der Waals surface area contributed by atoms with Gasteiger partial charge in [0.05, 0.1) is 5.02 Å². The number of thiocarbonyl (C=S) groups is 1. The van der Waals surface area contributed by atoms with Gasteiger partial charge in [-0.3, -0.25) is 20.4 Å². The summed E-state index contributed by atoms with van der Waals surface area (Å²) in [7, 11) is 0. The lowest BCUT2D eigenvalue weighted by molar-refractivity contribution is -0.128. The fraction of sp³-hybridized carbons (Fsp3) is 0.357. The monoisotopic (exact) mass is 377 g/mol. The lowest BCUT2D eigenvalue weighted by Crippen LogP contribution is -2.52. The highest BCUT2D eigenvalue weighted by atomic mass is 35.5. The zero-order valence-corrected chi connectivity index (χ0v) is 15.1. The maximum atomic E-state index is 11.9. The number of hydrazine groups is 1. The SMILES string of the molecule is CC(C)C(=O)NC(=S)NNC(=O)C(C)Oc1ccc(Cl)cc1Cl. The first-order valence-electron chi connectivity index (χ1n) is 6.73. The third-order valence-electron chi connectivity index (χ3n) is 2.63. The number of halogens is 2. The van der Waals surface area contributed by atoms with Crippen molar-refractivity contribution in [3.63, 3.8) is 0 Å². The molecule has 1 rings (SSSR count). The van der Waals surface area contributed by atoms with Crippen LogP contribution in [0.1, 0.15) is 20.8 Å². The summed E-state index contributed by atoms with van der Waals surface area (Å²) in [5.41, 5.74) is 4.76. The topological polar surface area (TPSA) is 79.5 Å². The molecule has 0 radical (unpaired) electrons. The molecule has 0 spiro atoms. The predicted octanol–water partition coefficient (Wildman–Crippen LogP) is 2.44. The molecule has 23 heavy (non-hydrogen) atoms. The summed E-state index contributed by atoms with van der Waals surface area (Å²) in [5.74, 6) is -0.639. The van der Waals surface area contributed by atoms with Gasteiger partial charge >= 0.3 is 0 Å². The Morgan fingerprint density at radius 1 is 1.13 bits per heavy atom. The number of carbonyl (C=O) groups is 2. The summed E-state index contributed by atoms with van der Waals surface area (Å²) < 4.78 is 5.44. The van der Waals surface area contributed by atoms with E-state index in [2.05, 4.69) is 16.2 Å². The molecule has 1 aromatic rings. The van der Waals surface area contributed by atoms with E-state index >= 15 is 0 Å². The molecule has 0 saturated carbocycles. The van der Waals surface area contributed by atoms with Crippen LogP contribution in [-0.4, -0.2) is 23.0 Å². The maximum Gasteiger partial charge on any atom is 0.279 e. The van der Waals surface area contributed by atoms with E-state index in [0.29, 0.717) is 15.8 Å². The van der Waals surface area contributed by atoms with Crippen LogP contribution >= 0.6 is 35.4 Å². The summed E-state index contributed by atoms with van der Waals surface area (Å²) in [4.78, 5) is 23.3. The van der Waals surface area contributed by atoms with Crippen LogP contribution in [0.2, 0.25) is 10.0 Å². The number of hydrogen-bond donors (Lipinski definition) is 3. The Labute approximate surface area is 149 Å². The summed E-state index contributed by atoms with van der Waals surface area (Å²) in [6, 6.07) is 4.68. The number of rotatable bonds is 4. The van der Waals surface area contributed by atoms with Gasteiger partial charge < -0.3 is 10.1 Å². The Morgan fingerprint density at radius 2 is 1.78 bits per heavy atom. The van der Waals surface area contributed by atoms with Crippen molar-refractivity contribution in [2.75, 3.05) is 0 Å². The van der Waals surface area contributed by atoms with Gasteiger partial charge in [-0.15, -0.1) is 0 Å². The normalized spacial score (nSPS) is 11.6. The zero-order chi connectivity index (χ0) is 17.6. The fourth-order valence-electron chi connectivity index (χ4n) is 1.32. The molecule has 0 bridgehead atoms. The average Bonchev–Trinajstić information content (AvgIpc) is 2.47.